The molecule has 0 bridgehead atoms. The fraction of sp³-hybridized carbons (Fsp3) is 0.300. The fourth-order valence-electron chi connectivity index (χ4n) is 0.963. The number of hydrogen-bond acceptors (Lipinski definition) is 1. The molecule has 0 N–H and O–H groups in total. The van der Waals surface area contributed by atoms with E-state index in [1.165, 1.54) is 0 Å². The number of benzene rings is 1. The molecule has 0 radical (unpaired) electrons. The summed E-state index contributed by atoms with van der Waals surface area (Å²) in [5.74, 6) is 0.0631. The van der Waals surface area contributed by atoms with Crippen LogP contribution < -0.4 is 0 Å². The van der Waals surface area contributed by atoms with Crippen LogP contribution in [-0.4, -0.2) is 24.9 Å². The van der Waals surface area contributed by atoms with E-state index in [1.54, 1.807) is 25.1 Å². The molecule has 0 aromatic heterocycles. The SMILES string of the molecule is CN(C)C(=O)Cc1ccccc1Cl. The van der Waals surface area contributed by atoms with E-state index in [2.05, 4.69) is 0 Å². The van der Waals surface area contributed by atoms with Crippen LogP contribution in [-0.2, 0) is 11.2 Å². The maximum Gasteiger partial charge on any atom is 0.226 e. The molecular weight excluding hydrogens is 186 g/mol. The van der Waals surface area contributed by atoms with E-state index >= 15 is 0 Å². The molecule has 0 aliphatic rings. The lowest BCUT2D eigenvalue weighted by molar-refractivity contribution is -0.127. The minimum absolute atomic E-state index is 0.0631. The zero-order valence-electron chi connectivity index (χ0n) is 7.75. The van der Waals surface area contributed by atoms with Gasteiger partial charge in [-0.3, -0.25) is 4.79 Å². The maximum absolute atomic E-state index is 11.3. The Morgan fingerprint density at radius 2 is 2.00 bits per heavy atom. The van der Waals surface area contributed by atoms with Gasteiger partial charge < -0.3 is 4.90 Å². The number of rotatable bonds is 2. The van der Waals surface area contributed by atoms with Gasteiger partial charge in [0, 0.05) is 19.1 Å². The van der Waals surface area contributed by atoms with Gasteiger partial charge in [-0.15, -0.1) is 0 Å². The smallest absolute Gasteiger partial charge is 0.226 e. The molecule has 0 aliphatic carbocycles. The number of halogens is 1. The molecule has 0 saturated carbocycles. The van der Waals surface area contributed by atoms with Gasteiger partial charge in [-0.1, -0.05) is 29.8 Å². The third-order valence-corrected chi connectivity index (χ3v) is 2.17. The van der Waals surface area contributed by atoms with Gasteiger partial charge in [0.15, 0.2) is 0 Å². The van der Waals surface area contributed by atoms with Crippen molar-refractivity contribution in [2.24, 2.45) is 0 Å². The van der Waals surface area contributed by atoms with Crippen molar-refractivity contribution in [2.45, 2.75) is 6.42 Å². The van der Waals surface area contributed by atoms with Gasteiger partial charge in [0.1, 0.15) is 0 Å². The average molecular weight is 198 g/mol. The first-order valence-electron chi connectivity index (χ1n) is 4.05. The second kappa shape index (κ2) is 4.28. The zero-order chi connectivity index (χ0) is 9.84. The third kappa shape index (κ3) is 2.74. The summed E-state index contributed by atoms with van der Waals surface area (Å²) in [6, 6.07) is 7.39. The Morgan fingerprint density at radius 3 is 2.54 bits per heavy atom. The molecule has 1 aromatic rings. The Balaban J connectivity index is 2.75. The van der Waals surface area contributed by atoms with Crippen molar-refractivity contribution in [3.05, 3.63) is 34.9 Å². The van der Waals surface area contributed by atoms with Crippen LogP contribution in [0.15, 0.2) is 24.3 Å². The average Bonchev–Trinajstić information content (AvgIpc) is 2.08. The van der Waals surface area contributed by atoms with Gasteiger partial charge in [-0.05, 0) is 11.6 Å². The number of nitrogens with zero attached hydrogens (tertiary/aromatic N) is 1. The van der Waals surface area contributed by atoms with Gasteiger partial charge in [0.2, 0.25) is 5.91 Å². The quantitative estimate of drug-likeness (QED) is 0.710. The van der Waals surface area contributed by atoms with Crippen LogP contribution in [0.3, 0.4) is 0 Å². The molecule has 70 valence electrons. The molecule has 1 aromatic carbocycles. The fourth-order valence-corrected chi connectivity index (χ4v) is 1.17. The Bertz CT molecular complexity index is 310. The van der Waals surface area contributed by atoms with Crippen molar-refractivity contribution in [2.75, 3.05) is 14.1 Å². The highest BCUT2D eigenvalue weighted by Gasteiger charge is 2.07. The van der Waals surface area contributed by atoms with Gasteiger partial charge in [-0.2, -0.15) is 0 Å². The van der Waals surface area contributed by atoms with Gasteiger partial charge in [0.05, 0.1) is 6.42 Å². The molecule has 0 saturated heterocycles. The molecule has 0 aliphatic heterocycles. The lowest BCUT2D eigenvalue weighted by Crippen LogP contribution is -2.23. The molecule has 0 spiro atoms. The van der Waals surface area contributed by atoms with Crippen molar-refractivity contribution in [1.29, 1.82) is 0 Å². The molecule has 1 amide bonds. The summed E-state index contributed by atoms with van der Waals surface area (Å²) in [5.41, 5.74) is 0.878. The standard InChI is InChI=1S/C10H12ClNO/c1-12(2)10(13)7-8-5-3-4-6-9(8)11/h3-6H,7H2,1-2H3. The molecular formula is C10H12ClNO. The Hall–Kier alpha value is -1.02. The predicted molar refractivity (Wildman–Crippen MR) is 53.9 cm³/mol. The van der Waals surface area contributed by atoms with Crippen molar-refractivity contribution in [3.8, 4) is 0 Å². The van der Waals surface area contributed by atoms with Crippen LogP contribution in [0.4, 0.5) is 0 Å². The van der Waals surface area contributed by atoms with Crippen molar-refractivity contribution in [1.82, 2.24) is 4.90 Å². The zero-order valence-corrected chi connectivity index (χ0v) is 8.51. The summed E-state index contributed by atoms with van der Waals surface area (Å²) in [5, 5.41) is 0.651. The van der Waals surface area contributed by atoms with Crippen LogP contribution >= 0.6 is 11.6 Å². The van der Waals surface area contributed by atoms with E-state index in [1.807, 2.05) is 18.2 Å². The third-order valence-electron chi connectivity index (χ3n) is 1.80. The highest BCUT2D eigenvalue weighted by molar-refractivity contribution is 6.31. The molecule has 13 heavy (non-hydrogen) atoms. The van der Waals surface area contributed by atoms with Crippen LogP contribution in [0.1, 0.15) is 5.56 Å². The second-order valence-electron chi connectivity index (χ2n) is 3.06. The van der Waals surface area contributed by atoms with E-state index in [0.29, 0.717) is 11.4 Å². The Morgan fingerprint density at radius 1 is 1.38 bits per heavy atom. The molecule has 3 heteroatoms. The lowest BCUT2D eigenvalue weighted by Gasteiger charge is -2.10. The number of likely N-dealkylation sites (N-methyl/N-ethyl adjacent to an activating group) is 1. The molecule has 0 fully saturated rings. The number of carbonyl (C=O) groups excluding carboxylic acids is 1. The molecule has 0 atom stereocenters. The first-order chi connectivity index (χ1) is 6.11. The summed E-state index contributed by atoms with van der Waals surface area (Å²) in [6.07, 6.45) is 0.368. The summed E-state index contributed by atoms with van der Waals surface area (Å²) in [4.78, 5) is 12.9. The molecule has 1 rings (SSSR count). The predicted octanol–water partition coefficient (Wildman–Crippen LogP) is 1.97. The summed E-state index contributed by atoms with van der Waals surface area (Å²) in [7, 11) is 3.47. The van der Waals surface area contributed by atoms with E-state index in [0.717, 1.165) is 5.56 Å². The Labute approximate surface area is 83.1 Å². The monoisotopic (exact) mass is 197 g/mol. The highest BCUT2D eigenvalue weighted by atomic mass is 35.5. The van der Waals surface area contributed by atoms with Crippen LogP contribution in [0.5, 0.6) is 0 Å². The number of hydrogen-bond donors (Lipinski definition) is 0. The highest BCUT2D eigenvalue weighted by Crippen LogP contribution is 2.15. The van der Waals surface area contributed by atoms with Gasteiger partial charge >= 0.3 is 0 Å². The lowest BCUT2D eigenvalue weighted by atomic mass is 10.1. The maximum atomic E-state index is 11.3. The Kier molecular flexibility index (Phi) is 3.32. The van der Waals surface area contributed by atoms with Crippen LogP contribution in [0.25, 0.3) is 0 Å². The number of amides is 1. The van der Waals surface area contributed by atoms with Crippen LogP contribution in [0, 0.1) is 0 Å². The minimum Gasteiger partial charge on any atom is -0.349 e. The first-order valence-corrected chi connectivity index (χ1v) is 4.42. The first kappa shape index (κ1) is 10.1. The van der Waals surface area contributed by atoms with Crippen molar-refractivity contribution in [3.63, 3.8) is 0 Å². The number of carbonyl (C=O) groups is 1. The van der Waals surface area contributed by atoms with Crippen LogP contribution in [0.2, 0.25) is 5.02 Å². The van der Waals surface area contributed by atoms with Crippen molar-refractivity contribution < 1.29 is 4.79 Å². The second-order valence-corrected chi connectivity index (χ2v) is 3.46. The normalized spacial score (nSPS) is 9.77. The van der Waals surface area contributed by atoms with Gasteiger partial charge in [-0.25, -0.2) is 0 Å². The van der Waals surface area contributed by atoms with E-state index in [4.69, 9.17) is 11.6 Å². The van der Waals surface area contributed by atoms with Crippen molar-refractivity contribution >= 4 is 17.5 Å². The topological polar surface area (TPSA) is 20.3 Å². The molecule has 2 nitrogen and oxygen atoms in total. The minimum atomic E-state index is 0.0631. The summed E-state index contributed by atoms with van der Waals surface area (Å²) in [6.45, 7) is 0. The molecule has 0 unspecified atom stereocenters. The van der Waals surface area contributed by atoms with Gasteiger partial charge in [0.25, 0.3) is 0 Å². The summed E-state index contributed by atoms with van der Waals surface area (Å²) >= 11 is 5.90. The molecule has 0 heterocycles. The largest absolute Gasteiger partial charge is 0.349 e. The van der Waals surface area contributed by atoms with E-state index in [9.17, 15) is 4.79 Å². The van der Waals surface area contributed by atoms with E-state index < -0.39 is 0 Å². The van der Waals surface area contributed by atoms with E-state index in [-0.39, 0.29) is 5.91 Å². The summed E-state index contributed by atoms with van der Waals surface area (Å²) < 4.78 is 0.